The van der Waals surface area contributed by atoms with E-state index >= 15 is 0 Å². The van der Waals surface area contributed by atoms with Gasteiger partial charge >= 0.3 is 5.97 Å². The molecule has 0 amide bonds. The lowest BCUT2D eigenvalue weighted by atomic mass is 9.75. The third-order valence-corrected chi connectivity index (χ3v) is 10.0. The fourth-order valence-electron chi connectivity index (χ4n) is 4.20. The Bertz CT molecular complexity index is 895. The number of hydrogen-bond acceptors (Lipinski definition) is 3. The highest BCUT2D eigenvalue weighted by Crippen LogP contribution is 2.32. The minimum atomic E-state index is -2.88. The van der Waals surface area contributed by atoms with Gasteiger partial charge in [0, 0.05) is 5.41 Å². The summed E-state index contributed by atoms with van der Waals surface area (Å²) in [5, 5.41) is 11.5. The van der Waals surface area contributed by atoms with Crippen LogP contribution in [0.1, 0.15) is 46.5 Å². The highest BCUT2D eigenvalue weighted by atomic mass is 28.4. The summed E-state index contributed by atoms with van der Waals surface area (Å²) in [5.74, 6) is -1.16. The molecule has 0 aliphatic carbocycles. The van der Waals surface area contributed by atoms with E-state index in [1.54, 1.807) is 0 Å². The van der Waals surface area contributed by atoms with E-state index in [4.69, 9.17) is 5.11 Å². The van der Waals surface area contributed by atoms with Crippen molar-refractivity contribution in [2.45, 2.75) is 46.5 Å². The predicted octanol–water partition coefficient (Wildman–Crippen LogP) is 3.89. The molecule has 0 aliphatic rings. The van der Waals surface area contributed by atoms with Crippen molar-refractivity contribution in [3.63, 3.8) is 0 Å². The molecule has 3 rings (SSSR count). The summed E-state index contributed by atoms with van der Waals surface area (Å²) in [6.07, 6.45) is 1.85. The second kappa shape index (κ2) is 12.3. The van der Waals surface area contributed by atoms with E-state index in [0.29, 0.717) is 0 Å². The number of carbonyl (C=O) groups is 2. The Kier molecular flexibility index (Phi) is 9.76. The van der Waals surface area contributed by atoms with Gasteiger partial charge in [-0.05, 0) is 34.8 Å². The van der Waals surface area contributed by atoms with E-state index < -0.39 is 19.7 Å². The van der Waals surface area contributed by atoms with Crippen LogP contribution < -0.4 is 15.6 Å². The summed E-state index contributed by atoms with van der Waals surface area (Å²) >= 11 is 0. The summed E-state index contributed by atoms with van der Waals surface area (Å²) in [5.41, 5.74) is -0.404. The summed E-state index contributed by atoms with van der Waals surface area (Å²) in [6, 6.07) is 30.0. The Morgan fingerprint density at radius 1 is 0.667 bits per heavy atom. The number of aliphatic carboxylic acids is 1. The molecule has 0 saturated heterocycles. The first-order valence-corrected chi connectivity index (χ1v) is 13.4. The highest BCUT2D eigenvalue weighted by molar-refractivity contribution is 7.06. The van der Waals surface area contributed by atoms with Crippen molar-refractivity contribution >= 4 is 35.6 Å². The van der Waals surface area contributed by atoms with E-state index in [-0.39, 0.29) is 12.2 Å². The molecule has 33 heavy (non-hydrogen) atoms. The quantitative estimate of drug-likeness (QED) is 0.287. The molecule has 0 bridgehead atoms. The molecule has 174 valence electrons. The number of carboxylic acids is 1. The number of carboxylic acid groups (broad SMARTS) is 1. The van der Waals surface area contributed by atoms with E-state index in [9.17, 15) is 14.4 Å². The molecule has 0 aliphatic heterocycles. The molecule has 3 aromatic rings. The van der Waals surface area contributed by atoms with E-state index in [2.05, 4.69) is 0 Å². The monoisotopic (exact) mass is 462 g/mol. The average Bonchev–Trinajstić information content (AvgIpc) is 2.86. The van der Waals surface area contributed by atoms with Crippen LogP contribution in [-0.4, -0.2) is 30.0 Å². The number of hydrogen-bond donors (Lipinski definition) is 2. The Labute approximate surface area is 198 Å². The third-order valence-electron chi connectivity index (χ3n) is 6.51. The molecule has 0 heterocycles. The Morgan fingerprint density at radius 2 is 0.970 bits per heavy atom. The van der Waals surface area contributed by atoms with Gasteiger partial charge in [-0.2, -0.15) is 0 Å². The van der Waals surface area contributed by atoms with E-state index in [1.807, 2.05) is 112 Å². The first-order valence-electron chi connectivity index (χ1n) is 11.5. The summed E-state index contributed by atoms with van der Waals surface area (Å²) in [4.78, 5) is 33.5. The smallest absolute Gasteiger partial charge is 0.310 e. The number of Topliss-reactive ketones (excluding diaryl/α,β-unsaturated/α-hetero) is 1. The van der Waals surface area contributed by atoms with Crippen LogP contribution in [0.4, 0.5) is 0 Å². The maximum absolute atomic E-state index is 11.6. The molecule has 2 N–H and O–H groups in total. The SMILES string of the molecule is CCC(CC)(CC)C(=O)CC(=O)O.O[Si](c1ccccc1)(c1ccccc1)c1ccccc1. The topological polar surface area (TPSA) is 74.6 Å². The fourth-order valence-corrected chi connectivity index (χ4v) is 7.23. The molecule has 5 heteroatoms. The van der Waals surface area contributed by atoms with Crippen molar-refractivity contribution in [2.75, 3.05) is 0 Å². The molecule has 0 spiro atoms. The molecule has 0 atom stereocenters. The fraction of sp³-hybridized carbons (Fsp3) is 0.286. The standard InChI is InChI=1S/C18H16OSi.C10H18O3/c19-20(16-10-4-1-5-11-16,17-12-6-2-7-13-17)18-14-8-3-9-15-18;1-4-10(5-2,6-3)8(11)7-9(12)13/h1-15,19H;4-7H2,1-3H3,(H,12,13). The van der Waals surface area contributed by atoms with Crippen molar-refractivity contribution in [3.8, 4) is 0 Å². The lowest BCUT2D eigenvalue weighted by Crippen LogP contribution is -2.67. The van der Waals surface area contributed by atoms with Crippen LogP contribution in [0, 0.1) is 5.41 Å². The zero-order valence-electron chi connectivity index (χ0n) is 19.7. The Morgan fingerprint density at radius 3 is 1.21 bits per heavy atom. The molecule has 0 aromatic heterocycles. The third kappa shape index (κ3) is 6.27. The van der Waals surface area contributed by atoms with Crippen LogP contribution in [0.15, 0.2) is 91.0 Å². The minimum absolute atomic E-state index is 0.132. The van der Waals surface area contributed by atoms with Crippen molar-refractivity contribution in [3.05, 3.63) is 91.0 Å². The molecule has 4 nitrogen and oxygen atoms in total. The number of rotatable bonds is 9. The average molecular weight is 463 g/mol. The van der Waals surface area contributed by atoms with Gasteiger partial charge in [-0.1, -0.05) is 112 Å². The number of carbonyl (C=O) groups excluding carboxylic acids is 1. The zero-order valence-corrected chi connectivity index (χ0v) is 20.7. The van der Waals surface area contributed by atoms with Gasteiger partial charge in [0.15, 0.2) is 0 Å². The van der Waals surface area contributed by atoms with Gasteiger partial charge in [0.05, 0.1) is 0 Å². The minimum Gasteiger partial charge on any atom is -0.481 e. The van der Waals surface area contributed by atoms with Crippen LogP contribution in [0.2, 0.25) is 0 Å². The van der Waals surface area contributed by atoms with Crippen molar-refractivity contribution in [2.24, 2.45) is 5.41 Å². The van der Waals surface area contributed by atoms with E-state index in [0.717, 1.165) is 34.8 Å². The second-order valence-electron chi connectivity index (χ2n) is 8.14. The van der Waals surface area contributed by atoms with E-state index in [1.165, 1.54) is 0 Å². The van der Waals surface area contributed by atoms with Gasteiger partial charge < -0.3 is 9.90 Å². The first-order chi connectivity index (χ1) is 15.8. The lowest BCUT2D eigenvalue weighted by Gasteiger charge is -2.27. The molecule has 0 saturated carbocycles. The van der Waals surface area contributed by atoms with Crippen molar-refractivity contribution < 1.29 is 19.5 Å². The van der Waals surface area contributed by atoms with Gasteiger partial charge in [0.2, 0.25) is 0 Å². The van der Waals surface area contributed by atoms with Gasteiger partial charge in [-0.15, -0.1) is 0 Å². The summed E-state index contributed by atoms with van der Waals surface area (Å²) in [6.45, 7) is 5.81. The Balaban J connectivity index is 0.000000260. The van der Waals surface area contributed by atoms with Gasteiger partial charge in [-0.25, -0.2) is 0 Å². The normalized spacial score (nSPS) is 11.3. The highest BCUT2D eigenvalue weighted by Gasteiger charge is 2.37. The van der Waals surface area contributed by atoms with Crippen LogP contribution in [0.25, 0.3) is 0 Å². The maximum Gasteiger partial charge on any atom is 0.310 e. The lowest BCUT2D eigenvalue weighted by molar-refractivity contribution is -0.143. The second-order valence-corrected chi connectivity index (χ2v) is 11.3. The Hall–Kier alpha value is -3.02. The van der Waals surface area contributed by atoms with Crippen LogP contribution >= 0.6 is 0 Å². The van der Waals surface area contributed by atoms with Crippen molar-refractivity contribution in [1.82, 2.24) is 0 Å². The van der Waals surface area contributed by atoms with Crippen LogP contribution in [0.3, 0.4) is 0 Å². The van der Waals surface area contributed by atoms with Crippen molar-refractivity contribution in [1.29, 1.82) is 0 Å². The van der Waals surface area contributed by atoms with Crippen LogP contribution in [-0.2, 0) is 9.59 Å². The molecular weight excluding hydrogens is 428 g/mol. The predicted molar refractivity (Wildman–Crippen MR) is 137 cm³/mol. The van der Waals surface area contributed by atoms with Gasteiger partial charge in [0.1, 0.15) is 12.2 Å². The number of ketones is 1. The molecule has 0 unspecified atom stereocenters. The zero-order chi connectivity index (χ0) is 24.3. The van der Waals surface area contributed by atoms with Gasteiger partial charge in [0.25, 0.3) is 8.32 Å². The molecule has 0 radical (unpaired) electrons. The molecule has 3 aromatic carbocycles. The molecular formula is C28H34O4Si. The van der Waals surface area contributed by atoms with Gasteiger partial charge in [-0.3, -0.25) is 9.59 Å². The summed E-state index contributed by atoms with van der Waals surface area (Å²) < 4.78 is 0. The first kappa shape index (κ1) is 26.2. The molecule has 0 fully saturated rings. The maximum atomic E-state index is 11.6. The number of benzene rings is 3. The summed E-state index contributed by atoms with van der Waals surface area (Å²) in [7, 11) is -2.88. The largest absolute Gasteiger partial charge is 0.481 e. The van der Waals surface area contributed by atoms with Crippen LogP contribution in [0.5, 0.6) is 0 Å².